The fraction of sp³-hybridized carbons (Fsp3) is 0.733. The molecule has 0 radical (unpaired) electrons. The number of ether oxygens (including phenoxy) is 2. The van der Waals surface area contributed by atoms with Crippen LogP contribution in [0, 0.1) is 5.92 Å². The third-order valence-corrected chi connectivity index (χ3v) is 3.10. The van der Waals surface area contributed by atoms with E-state index in [0.717, 1.165) is 25.7 Å². The second-order valence-electron chi connectivity index (χ2n) is 5.21. The average Bonchev–Trinajstić information content (AvgIpc) is 2.43. The Morgan fingerprint density at radius 2 is 1.65 bits per heavy atom. The van der Waals surface area contributed by atoms with E-state index in [1.165, 1.54) is 0 Å². The summed E-state index contributed by atoms with van der Waals surface area (Å²) >= 11 is 0. The first-order valence-corrected chi connectivity index (χ1v) is 7.36. The Balaban J connectivity index is 4.34. The van der Waals surface area contributed by atoms with E-state index in [2.05, 4.69) is 4.74 Å². The number of hydrogen-bond donors (Lipinski definition) is 0. The Hall–Kier alpha value is -1.60. The first kappa shape index (κ1) is 21.4. The molecular formula is C15H22F4O4. The molecule has 4 nitrogen and oxygen atoms in total. The van der Waals surface area contributed by atoms with E-state index in [0.29, 0.717) is 12.2 Å². The van der Waals surface area contributed by atoms with Gasteiger partial charge < -0.3 is 9.47 Å². The molecule has 0 fully saturated rings. The van der Waals surface area contributed by atoms with Crippen LogP contribution in [0.3, 0.4) is 0 Å². The van der Waals surface area contributed by atoms with Crippen molar-refractivity contribution >= 4 is 11.9 Å². The van der Waals surface area contributed by atoms with Gasteiger partial charge in [-0.15, -0.1) is 0 Å². The van der Waals surface area contributed by atoms with Crippen LogP contribution < -0.4 is 0 Å². The van der Waals surface area contributed by atoms with Crippen molar-refractivity contribution in [1.29, 1.82) is 0 Å². The molecule has 0 rings (SSSR count). The maximum atomic E-state index is 12.8. The maximum Gasteiger partial charge on any atom is 0.466 e. The lowest BCUT2D eigenvalue weighted by molar-refractivity contribution is -0.322. The van der Waals surface area contributed by atoms with Gasteiger partial charge in [-0.25, -0.2) is 9.59 Å². The number of unbranched alkanes of at least 4 members (excludes halogenated alkanes) is 1. The Labute approximate surface area is 132 Å². The van der Waals surface area contributed by atoms with E-state index in [1.54, 1.807) is 0 Å². The minimum Gasteiger partial charge on any atom is -0.462 e. The van der Waals surface area contributed by atoms with Crippen molar-refractivity contribution in [2.45, 2.75) is 58.5 Å². The van der Waals surface area contributed by atoms with Gasteiger partial charge in [0.15, 0.2) is 0 Å². The SMILES string of the molecule is CCCCC(CC)COC(=O)/C=C/C(=O)OC(F)(F)C(C)(F)F. The molecule has 0 saturated carbocycles. The minimum atomic E-state index is -4.95. The normalized spacial score (nSPS) is 13.9. The monoisotopic (exact) mass is 342 g/mol. The van der Waals surface area contributed by atoms with Crippen molar-refractivity contribution in [2.75, 3.05) is 6.61 Å². The second kappa shape index (κ2) is 9.52. The Bertz CT molecular complexity index is 416. The van der Waals surface area contributed by atoms with Gasteiger partial charge in [-0.3, -0.25) is 0 Å². The van der Waals surface area contributed by atoms with Crippen molar-refractivity contribution in [2.24, 2.45) is 5.92 Å². The highest BCUT2D eigenvalue weighted by Gasteiger charge is 2.56. The van der Waals surface area contributed by atoms with Gasteiger partial charge in [0, 0.05) is 19.1 Å². The summed E-state index contributed by atoms with van der Waals surface area (Å²) in [6.07, 6.45) is -0.384. The third kappa shape index (κ3) is 8.56. The van der Waals surface area contributed by atoms with Gasteiger partial charge in [-0.1, -0.05) is 33.1 Å². The summed E-state index contributed by atoms with van der Waals surface area (Å²) in [6.45, 7) is 4.02. The van der Waals surface area contributed by atoms with E-state index >= 15 is 0 Å². The third-order valence-electron chi connectivity index (χ3n) is 3.10. The molecule has 1 unspecified atom stereocenters. The molecule has 0 amide bonds. The van der Waals surface area contributed by atoms with Crippen LogP contribution in [0.5, 0.6) is 0 Å². The minimum absolute atomic E-state index is 0.0839. The number of hydrogen-bond acceptors (Lipinski definition) is 4. The Morgan fingerprint density at radius 1 is 1.09 bits per heavy atom. The molecule has 0 bridgehead atoms. The number of carbonyl (C=O) groups is 2. The molecule has 0 aliphatic carbocycles. The molecule has 0 N–H and O–H groups in total. The van der Waals surface area contributed by atoms with Gasteiger partial charge in [-0.05, 0) is 12.3 Å². The number of esters is 2. The molecule has 0 saturated heterocycles. The van der Waals surface area contributed by atoms with Crippen molar-refractivity contribution in [1.82, 2.24) is 0 Å². The quantitative estimate of drug-likeness (QED) is 0.341. The molecule has 0 aliphatic heterocycles. The van der Waals surface area contributed by atoms with Crippen molar-refractivity contribution in [3.63, 3.8) is 0 Å². The van der Waals surface area contributed by atoms with Crippen LogP contribution >= 0.6 is 0 Å². The summed E-state index contributed by atoms with van der Waals surface area (Å²) < 4.78 is 58.7. The predicted octanol–water partition coefficient (Wildman–Crippen LogP) is 4.09. The van der Waals surface area contributed by atoms with Crippen LogP contribution in [0.15, 0.2) is 12.2 Å². The molecule has 0 aliphatic rings. The molecule has 134 valence electrons. The lowest BCUT2D eigenvalue weighted by atomic mass is 10.0. The van der Waals surface area contributed by atoms with Gasteiger partial charge in [-0.2, -0.15) is 17.6 Å². The first-order chi connectivity index (χ1) is 10.5. The van der Waals surface area contributed by atoms with Gasteiger partial charge in [0.05, 0.1) is 6.61 Å². The topological polar surface area (TPSA) is 52.6 Å². The van der Waals surface area contributed by atoms with E-state index in [4.69, 9.17) is 4.74 Å². The van der Waals surface area contributed by atoms with Crippen LogP contribution in [0.1, 0.15) is 46.5 Å². The maximum absolute atomic E-state index is 12.8. The molecular weight excluding hydrogens is 320 g/mol. The zero-order chi connectivity index (χ0) is 18.1. The van der Waals surface area contributed by atoms with Crippen molar-refractivity contribution in [3.8, 4) is 0 Å². The molecule has 0 aromatic rings. The summed E-state index contributed by atoms with van der Waals surface area (Å²) in [6, 6.07) is 0. The van der Waals surface area contributed by atoms with Gasteiger partial charge >= 0.3 is 24.0 Å². The molecule has 0 heterocycles. The highest BCUT2D eigenvalue weighted by atomic mass is 19.3. The lowest BCUT2D eigenvalue weighted by Crippen LogP contribution is -2.41. The molecule has 0 aromatic heterocycles. The van der Waals surface area contributed by atoms with Gasteiger partial charge in [0.25, 0.3) is 0 Å². The second-order valence-corrected chi connectivity index (χ2v) is 5.21. The number of halogens is 4. The van der Waals surface area contributed by atoms with Crippen molar-refractivity contribution < 1.29 is 36.6 Å². The van der Waals surface area contributed by atoms with E-state index in [-0.39, 0.29) is 19.4 Å². The summed E-state index contributed by atoms with van der Waals surface area (Å²) in [5, 5.41) is 0. The Kier molecular flexibility index (Phi) is 8.86. The first-order valence-electron chi connectivity index (χ1n) is 7.36. The molecule has 0 spiro atoms. The smallest absolute Gasteiger partial charge is 0.462 e. The summed E-state index contributed by atoms with van der Waals surface area (Å²) in [5.74, 6) is -7.04. The van der Waals surface area contributed by atoms with Gasteiger partial charge in [0.2, 0.25) is 0 Å². The van der Waals surface area contributed by atoms with Crippen LogP contribution in [0.2, 0.25) is 0 Å². The zero-order valence-electron chi connectivity index (χ0n) is 13.4. The van der Waals surface area contributed by atoms with Crippen LogP contribution in [-0.2, 0) is 19.1 Å². The number of rotatable bonds is 10. The molecule has 8 heteroatoms. The number of alkyl halides is 4. The molecule has 1 atom stereocenters. The standard InChI is InChI=1S/C15H22F4O4/c1-4-6-7-11(5-2)10-22-12(20)8-9-13(21)23-15(18,19)14(3,16)17/h8-9,11H,4-7,10H2,1-3H3/b9-8+. The highest BCUT2D eigenvalue weighted by molar-refractivity contribution is 5.91. The lowest BCUT2D eigenvalue weighted by Gasteiger charge is -2.21. The highest BCUT2D eigenvalue weighted by Crippen LogP contribution is 2.34. The average molecular weight is 342 g/mol. The van der Waals surface area contributed by atoms with Crippen LogP contribution in [0.4, 0.5) is 17.6 Å². The van der Waals surface area contributed by atoms with E-state index in [1.807, 2.05) is 13.8 Å². The van der Waals surface area contributed by atoms with E-state index in [9.17, 15) is 27.2 Å². The fourth-order valence-corrected chi connectivity index (χ4v) is 1.53. The predicted molar refractivity (Wildman–Crippen MR) is 75.1 cm³/mol. The summed E-state index contributed by atoms with van der Waals surface area (Å²) in [4.78, 5) is 22.4. The van der Waals surface area contributed by atoms with Gasteiger partial charge in [0.1, 0.15) is 0 Å². The fourth-order valence-electron chi connectivity index (χ4n) is 1.53. The Morgan fingerprint density at radius 3 is 2.13 bits per heavy atom. The number of carbonyl (C=O) groups excluding carboxylic acids is 2. The summed E-state index contributed by atoms with van der Waals surface area (Å²) in [7, 11) is 0. The summed E-state index contributed by atoms with van der Waals surface area (Å²) in [5.41, 5.74) is 0. The molecule has 23 heavy (non-hydrogen) atoms. The van der Waals surface area contributed by atoms with Crippen molar-refractivity contribution in [3.05, 3.63) is 12.2 Å². The van der Waals surface area contributed by atoms with Crippen LogP contribution in [0.25, 0.3) is 0 Å². The largest absolute Gasteiger partial charge is 0.466 e. The van der Waals surface area contributed by atoms with Crippen LogP contribution in [-0.4, -0.2) is 30.6 Å². The van der Waals surface area contributed by atoms with E-state index < -0.39 is 24.0 Å². The molecule has 0 aromatic carbocycles. The zero-order valence-corrected chi connectivity index (χ0v) is 13.4.